The van der Waals surface area contributed by atoms with Crippen LogP contribution in [0.25, 0.3) is 0 Å². The molecule has 0 saturated heterocycles. The number of hydrogen-bond acceptors (Lipinski definition) is 4. The van der Waals surface area contributed by atoms with E-state index in [1.807, 2.05) is 18.4 Å². The molecule has 84 valence electrons. The fraction of sp³-hybridized carbons (Fsp3) is 0.273. The number of aryl methyl sites for hydroxylation is 2. The summed E-state index contributed by atoms with van der Waals surface area (Å²) < 4.78 is 6.71. The molecule has 0 atom stereocenters. The molecule has 0 spiro atoms. The smallest absolute Gasteiger partial charge is 0.356 e. The third kappa shape index (κ3) is 2.14. The molecule has 2 aromatic rings. The van der Waals surface area contributed by atoms with Crippen LogP contribution >= 0.6 is 11.3 Å². The van der Waals surface area contributed by atoms with Gasteiger partial charge in [-0.05, 0) is 30.0 Å². The third-order valence-corrected chi connectivity index (χ3v) is 3.33. The van der Waals surface area contributed by atoms with Crippen molar-refractivity contribution in [2.24, 2.45) is 7.05 Å². The van der Waals surface area contributed by atoms with Crippen LogP contribution in [-0.4, -0.2) is 15.7 Å². The van der Waals surface area contributed by atoms with Crippen molar-refractivity contribution in [2.75, 3.05) is 0 Å². The number of nitrogens with zero attached hydrogens (tertiary/aromatic N) is 2. The van der Waals surface area contributed by atoms with E-state index in [4.69, 9.17) is 4.74 Å². The zero-order valence-electron chi connectivity index (χ0n) is 9.14. The van der Waals surface area contributed by atoms with Crippen molar-refractivity contribution in [3.8, 4) is 0 Å². The normalized spacial score (nSPS) is 10.4. The summed E-state index contributed by atoms with van der Waals surface area (Å²) in [6.07, 6.45) is 1.58. The Morgan fingerprint density at radius 3 is 2.94 bits per heavy atom. The highest BCUT2D eigenvalue weighted by Gasteiger charge is 2.12. The average Bonchev–Trinajstić information content (AvgIpc) is 2.84. The van der Waals surface area contributed by atoms with E-state index < -0.39 is 0 Å². The Morgan fingerprint density at radius 1 is 1.56 bits per heavy atom. The molecule has 0 unspecified atom stereocenters. The second kappa shape index (κ2) is 4.49. The highest BCUT2D eigenvalue weighted by Crippen LogP contribution is 2.17. The summed E-state index contributed by atoms with van der Waals surface area (Å²) in [4.78, 5) is 12.7. The van der Waals surface area contributed by atoms with Gasteiger partial charge in [0.15, 0.2) is 0 Å². The number of ether oxygens (including phenoxy) is 1. The number of rotatable bonds is 3. The fourth-order valence-corrected chi connectivity index (χ4v) is 2.15. The van der Waals surface area contributed by atoms with E-state index in [0.29, 0.717) is 12.3 Å². The van der Waals surface area contributed by atoms with Crippen molar-refractivity contribution in [3.63, 3.8) is 0 Å². The number of carbonyl (C=O) groups is 1. The van der Waals surface area contributed by atoms with E-state index >= 15 is 0 Å². The van der Waals surface area contributed by atoms with Crippen LogP contribution in [0, 0.1) is 6.92 Å². The Morgan fingerprint density at radius 2 is 2.38 bits per heavy atom. The molecule has 5 heteroatoms. The minimum atomic E-state index is -0.340. The van der Waals surface area contributed by atoms with Crippen molar-refractivity contribution in [3.05, 3.63) is 39.8 Å². The van der Waals surface area contributed by atoms with Crippen molar-refractivity contribution >= 4 is 17.3 Å². The molecule has 2 heterocycles. The lowest BCUT2D eigenvalue weighted by atomic mass is 10.3. The summed E-state index contributed by atoms with van der Waals surface area (Å²) >= 11 is 1.59. The van der Waals surface area contributed by atoms with Gasteiger partial charge in [0.05, 0.1) is 0 Å². The summed E-state index contributed by atoms with van der Waals surface area (Å²) in [6.45, 7) is 2.33. The summed E-state index contributed by atoms with van der Waals surface area (Å²) in [5.74, 6) is -0.340. The van der Waals surface area contributed by atoms with E-state index in [-0.39, 0.29) is 5.97 Å². The second-order valence-electron chi connectivity index (χ2n) is 3.44. The van der Waals surface area contributed by atoms with Crippen molar-refractivity contribution in [1.82, 2.24) is 9.78 Å². The van der Waals surface area contributed by atoms with Crippen LogP contribution in [-0.2, 0) is 18.4 Å². The minimum absolute atomic E-state index is 0.327. The van der Waals surface area contributed by atoms with Crippen LogP contribution in [0.1, 0.15) is 20.9 Å². The van der Waals surface area contributed by atoms with Gasteiger partial charge in [-0.1, -0.05) is 0 Å². The molecule has 2 aromatic heterocycles. The van der Waals surface area contributed by atoms with Crippen LogP contribution in [0.4, 0.5) is 0 Å². The van der Waals surface area contributed by atoms with Gasteiger partial charge >= 0.3 is 5.97 Å². The Hall–Kier alpha value is -1.62. The Kier molecular flexibility index (Phi) is 3.05. The summed E-state index contributed by atoms with van der Waals surface area (Å²) in [7, 11) is 1.72. The zero-order valence-corrected chi connectivity index (χ0v) is 9.95. The lowest BCUT2D eigenvalue weighted by Crippen LogP contribution is -2.10. The second-order valence-corrected chi connectivity index (χ2v) is 4.44. The largest absolute Gasteiger partial charge is 0.455 e. The number of carbonyl (C=O) groups excluding carboxylic acids is 1. The van der Waals surface area contributed by atoms with Gasteiger partial charge in [0.2, 0.25) is 0 Å². The van der Waals surface area contributed by atoms with Gasteiger partial charge in [-0.2, -0.15) is 5.10 Å². The standard InChI is InChI=1S/C11H12N2O2S/c1-8-4-6-16-10(8)7-15-11(14)9-3-5-12-13(9)2/h3-6H,7H2,1-2H3. The molecule has 0 amide bonds. The van der Waals surface area contributed by atoms with Gasteiger partial charge in [0, 0.05) is 18.1 Å². The molecule has 4 nitrogen and oxygen atoms in total. The predicted octanol–water partition coefficient (Wildman–Crippen LogP) is 2.15. The maximum absolute atomic E-state index is 11.7. The van der Waals surface area contributed by atoms with Crippen molar-refractivity contribution in [2.45, 2.75) is 13.5 Å². The van der Waals surface area contributed by atoms with Crippen molar-refractivity contribution < 1.29 is 9.53 Å². The number of hydrogen-bond donors (Lipinski definition) is 0. The fourth-order valence-electron chi connectivity index (χ4n) is 1.33. The monoisotopic (exact) mass is 236 g/mol. The third-order valence-electron chi connectivity index (χ3n) is 2.33. The molecule has 0 aliphatic rings. The summed E-state index contributed by atoms with van der Waals surface area (Å²) in [5.41, 5.74) is 1.62. The van der Waals surface area contributed by atoms with Gasteiger partial charge in [0.1, 0.15) is 12.3 Å². The molecular formula is C11H12N2O2S. The SMILES string of the molecule is Cc1ccsc1COC(=O)c1ccnn1C. The molecule has 0 radical (unpaired) electrons. The lowest BCUT2D eigenvalue weighted by molar-refractivity contribution is 0.0463. The molecule has 0 N–H and O–H groups in total. The van der Waals surface area contributed by atoms with Crippen LogP contribution in [0.5, 0.6) is 0 Å². The Bertz CT molecular complexity index is 502. The topological polar surface area (TPSA) is 44.1 Å². The molecule has 0 fully saturated rings. The zero-order chi connectivity index (χ0) is 11.5. The number of esters is 1. The molecule has 0 aliphatic carbocycles. The predicted molar refractivity (Wildman–Crippen MR) is 61.4 cm³/mol. The first-order chi connectivity index (χ1) is 7.68. The molecule has 0 saturated carbocycles. The molecule has 2 rings (SSSR count). The van der Waals surface area contributed by atoms with Crippen LogP contribution in [0.15, 0.2) is 23.7 Å². The molecular weight excluding hydrogens is 224 g/mol. The average molecular weight is 236 g/mol. The van der Waals surface area contributed by atoms with E-state index in [0.717, 1.165) is 10.4 Å². The van der Waals surface area contributed by atoms with Crippen molar-refractivity contribution in [1.29, 1.82) is 0 Å². The molecule has 0 aromatic carbocycles. The van der Waals surface area contributed by atoms with Crippen LogP contribution < -0.4 is 0 Å². The number of thiophene rings is 1. The Balaban J connectivity index is 1.99. The molecule has 0 bridgehead atoms. The van der Waals surface area contributed by atoms with E-state index in [1.54, 1.807) is 30.6 Å². The quantitative estimate of drug-likeness (QED) is 0.767. The van der Waals surface area contributed by atoms with E-state index in [2.05, 4.69) is 5.10 Å². The van der Waals surface area contributed by atoms with E-state index in [1.165, 1.54) is 4.68 Å². The highest BCUT2D eigenvalue weighted by atomic mass is 32.1. The van der Waals surface area contributed by atoms with E-state index in [9.17, 15) is 4.79 Å². The maximum atomic E-state index is 11.7. The van der Waals surface area contributed by atoms with Crippen LogP contribution in [0.2, 0.25) is 0 Å². The number of aromatic nitrogens is 2. The highest BCUT2D eigenvalue weighted by molar-refractivity contribution is 7.10. The van der Waals surface area contributed by atoms with Gasteiger partial charge in [-0.3, -0.25) is 4.68 Å². The van der Waals surface area contributed by atoms with Crippen LogP contribution in [0.3, 0.4) is 0 Å². The lowest BCUT2D eigenvalue weighted by Gasteiger charge is -2.04. The molecule has 16 heavy (non-hydrogen) atoms. The first kappa shape index (κ1) is 10.9. The first-order valence-corrected chi connectivity index (χ1v) is 5.74. The first-order valence-electron chi connectivity index (χ1n) is 4.86. The minimum Gasteiger partial charge on any atom is -0.455 e. The summed E-state index contributed by atoms with van der Waals surface area (Å²) in [5, 5.41) is 5.91. The Labute approximate surface area is 97.5 Å². The maximum Gasteiger partial charge on any atom is 0.356 e. The van der Waals surface area contributed by atoms with Gasteiger partial charge < -0.3 is 4.74 Å². The van der Waals surface area contributed by atoms with Gasteiger partial charge in [-0.15, -0.1) is 11.3 Å². The van der Waals surface area contributed by atoms with Gasteiger partial charge in [-0.25, -0.2) is 4.79 Å². The summed E-state index contributed by atoms with van der Waals surface area (Å²) in [6, 6.07) is 3.65. The molecule has 0 aliphatic heterocycles. The van der Waals surface area contributed by atoms with Gasteiger partial charge in [0.25, 0.3) is 0 Å².